The molecule has 0 amide bonds. The van der Waals surface area contributed by atoms with Crippen LogP contribution < -0.4 is 0 Å². The molecule has 90 valence electrons. The first-order chi connectivity index (χ1) is 8.33. The van der Waals surface area contributed by atoms with Crippen molar-refractivity contribution in [3.8, 4) is 6.07 Å². The Balaban J connectivity index is 2.07. The lowest BCUT2D eigenvalue weighted by Crippen LogP contribution is -2.00. The number of hydrogen-bond acceptors (Lipinski definition) is 3. The molecule has 1 aromatic rings. The molecule has 1 aromatic carbocycles. The van der Waals surface area contributed by atoms with Crippen LogP contribution in [0.3, 0.4) is 0 Å². The average Bonchev–Trinajstić information content (AvgIpc) is 2.35. The minimum atomic E-state index is -0.658. The summed E-state index contributed by atoms with van der Waals surface area (Å²) >= 11 is 0. The van der Waals surface area contributed by atoms with Gasteiger partial charge in [-0.25, -0.2) is 0 Å². The van der Waals surface area contributed by atoms with E-state index < -0.39 is 6.10 Å². The summed E-state index contributed by atoms with van der Waals surface area (Å²) in [5.74, 6) is 0. The largest absolute Gasteiger partial charge is 0.388 e. The quantitative estimate of drug-likeness (QED) is 0.579. The monoisotopic (exact) mass is 231 g/mol. The second-order valence-corrected chi connectivity index (χ2v) is 3.68. The zero-order valence-electron chi connectivity index (χ0n) is 9.75. The number of aliphatic hydroxyl groups is 1. The maximum absolute atomic E-state index is 9.23. The molecule has 1 atom stereocenters. The van der Waals surface area contributed by atoms with Crippen LogP contribution >= 0.6 is 0 Å². The van der Waals surface area contributed by atoms with E-state index >= 15 is 0 Å². The predicted octanol–water partition coefficient (Wildman–Crippen LogP) is 2.42. The Labute approximate surface area is 102 Å². The number of benzene rings is 1. The Kier molecular flexibility index (Phi) is 6.73. The molecule has 0 bridgehead atoms. The van der Waals surface area contributed by atoms with E-state index in [0.717, 1.165) is 12.0 Å². The third-order valence-corrected chi connectivity index (χ3v) is 2.20. The fourth-order valence-electron chi connectivity index (χ4n) is 1.33. The fourth-order valence-corrected chi connectivity index (χ4v) is 1.33. The molecule has 0 aromatic heterocycles. The summed E-state index contributed by atoms with van der Waals surface area (Å²) in [7, 11) is 0. The molecule has 17 heavy (non-hydrogen) atoms. The number of rotatable bonds is 7. The molecule has 0 spiro atoms. The van der Waals surface area contributed by atoms with Crippen molar-refractivity contribution in [1.82, 2.24) is 0 Å². The van der Waals surface area contributed by atoms with Gasteiger partial charge in [-0.15, -0.1) is 0 Å². The molecule has 0 heterocycles. The van der Waals surface area contributed by atoms with Crippen LogP contribution in [0.25, 0.3) is 0 Å². The summed E-state index contributed by atoms with van der Waals surface area (Å²) in [6.45, 7) is 1.22. The second-order valence-electron chi connectivity index (χ2n) is 3.68. The standard InChI is InChI=1S/C14H17NO2/c15-10-9-14(16)8-4-5-11-17-12-13-6-2-1-3-7-13/h1-4,6-8,14,16H,5,9,11-12H2/b8-4+. The minimum Gasteiger partial charge on any atom is -0.388 e. The van der Waals surface area contributed by atoms with Gasteiger partial charge in [-0.1, -0.05) is 42.5 Å². The first-order valence-electron chi connectivity index (χ1n) is 5.66. The van der Waals surface area contributed by atoms with Gasteiger partial charge in [0.2, 0.25) is 0 Å². The van der Waals surface area contributed by atoms with Crippen molar-refractivity contribution >= 4 is 0 Å². The van der Waals surface area contributed by atoms with Crippen LogP contribution in [0.5, 0.6) is 0 Å². The van der Waals surface area contributed by atoms with E-state index in [1.54, 1.807) is 6.08 Å². The van der Waals surface area contributed by atoms with Crippen molar-refractivity contribution in [2.75, 3.05) is 6.61 Å². The smallest absolute Gasteiger partial charge is 0.0850 e. The van der Waals surface area contributed by atoms with Crippen LogP contribution in [-0.4, -0.2) is 17.8 Å². The van der Waals surface area contributed by atoms with Crippen LogP contribution in [-0.2, 0) is 11.3 Å². The number of nitrogens with zero attached hydrogens (tertiary/aromatic N) is 1. The van der Waals surface area contributed by atoms with Gasteiger partial charge in [0.1, 0.15) is 0 Å². The summed E-state index contributed by atoms with van der Waals surface area (Å²) in [6.07, 6.45) is 3.70. The van der Waals surface area contributed by atoms with Crippen molar-refractivity contribution < 1.29 is 9.84 Å². The third-order valence-electron chi connectivity index (χ3n) is 2.20. The Hall–Kier alpha value is -1.63. The molecular weight excluding hydrogens is 214 g/mol. The van der Waals surface area contributed by atoms with Gasteiger partial charge in [0.25, 0.3) is 0 Å². The lowest BCUT2D eigenvalue weighted by atomic mass is 10.2. The number of nitriles is 1. The minimum absolute atomic E-state index is 0.140. The molecular formula is C14H17NO2. The fraction of sp³-hybridized carbons (Fsp3) is 0.357. The molecule has 0 radical (unpaired) electrons. The first-order valence-corrected chi connectivity index (χ1v) is 5.66. The maximum Gasteiger partial charge on any atom is 0.0850 e. The second kappa shape index (κ2) is 8.51. The molecule has 0 aliphatic carbocycles. The van der Waals surface area contributed by atoms with Crippen LogP contribution in [0, 0.1) is 11.3 Å². The first kappa shape index (κ1) is 13.4. The van der Waals surface area contributed by atoms with Crippen molar-refractivity contribution in [2.45, 2.75) is 25.6 Å². The van der Waals surface area contributed by atoms with Gasteiger partial charge in [0, 0.05) is 0 Å². The summed E-state index contributed by atoms with van der Waals surface area (Å²) < 4.78 is 5.46. The van der Waals surface area contributed by atoms with Gasteiger partial charge in [0.05, 0.1) is 31.8 Å². The van der Waals surface area contributed by atoms with E-state index in [4.69, 9.17) is 10.00 Å². The van der Waals surface area contributed by atoms with E-state index in [0.29, 0.717) is 13.2 Å². The highest BCUT2D eigenvalue weighted by Crippen LogP contribution is 2.01. The number of aliphatic hydroxyl groups excluding tert-OH is 1. The lowest BCUT2D eigenvalue weighted by Gasteiger charge is -2.02. The predicted molar refractivity (Wildman–Crippen MR) is 66.1 cm³/mol. The van der Waals surface area contributed by atoms with Gasteiger partial charge in [-0.05, 0) is 12.0 Å². The molecule has 0 aliphatic rings. The summed E-state index contributed by atoms with van der Waals surface area (Å²) in [5.41, 5.74) is 1.15. The van der Waals surface area contributed by atoms with E-state index in [9.17, 15) is 5.11 Å². The van der Waals surface area contributed by atoms with E-state index in [-0.39, 0.29) is 6.42 Å². The molecule has 3 heteroatoms. The summed E-state index contributed by atoms with van der Waals surface area (Å²) in [6, 6.07) is 11.9. The molecule has 0 fully saturated rings. The van der Waals surface area contributed by atoms with Crippen molar-refractivity contribution in [3.05, 3.63) is 48.0 Å². The van der Waals surface area contributed by atoms with E-state index in [2.05, 4.69) is 0 Å². The summed E-state index contributed by atoms with van der Waals surface area (Å²) in [5, 5.41) is 17.6. The highest BCUT2D eigenvalue weighted by atomic mass is 16.5. The van der Waals surface area contributed by atoms with Gasteiger partial charge in [0.15, 0.2) is 0 Å². The SMILES string of the molecule is N#CCC(O)/C=C/CCOCc1ccccc1. The van der Waals surface area contributed by atoms with Crippen LogP contribution in [0.4, 0.5) is 0 Å². The lowest BCUT2D eigenvalue weighted by molar-refractivity contribution is 0.125. The molecule has 1 rings (SSSR count). The van der Waals surface area contributed by atoms with Crippen LogP contribution in [0.2, 0.25) is 0 Å². The molecule has 0 saturated carbocycles. The van der Waals surface area contributed by atoms with Gasteiger partial charge >= 0.3 is 0 Å². The van der Waals surface area contributed by atoms with Gasteiger partial charge in [-0.2, -0.15) is 5.26 Å². The average molecular weight is 231 g/mol. The number of hydrogen-bond donors (Lipinski definition) is 1. The van der Waals surface area contributed by atoms with Gasteiger partial charge in [-0.3, -0.25) is 0 Å². The van der Waals surface area contributed by atoms with Crippen molar-refractivity contribution in [2.24, 2.45) is 0 Å². The van der Waals surface area contributed by atoms with Crippen molar-refractivity contribution in [1.29, 1.82) is 5.26 Å². The van der Waals surface area contributed by atoms with Crippen LogP contribution in [0.15, 0.2) is 42.5 Å². The van der Waals surface area contributed by atoms with Crippen LogP contribution in [0.1, 0.15) is 18.4 Å². The molecule has 3 nitrogen and oxygen atoms in total. The van der Waals surface area contributed by atoms with E-state index in [1.807, 2.05) is 42.5 Å². The zero-order valence-corrected chi connectivity index (χ0v) is 9.75. The topological polar surface area (TPSA) is 53.2 Å². The number of ether oxygens (including phenoxy) is 1. The van der Waals surface area contributed by atoms with Gasteiger partial charge < -0.3 is 9.84 Å². The third kappa shape index (κ3) is 6.52. The molecule has 0 saturated heterocycles. The highest BCUT2D eigenvalue weighted by Gasteiger charge is 1.95. The van der Waals surface area contributed by atoms with Crippen molar-refractivity contribution in [3.63, 3.8) is 0 Å². The zero-order chi connectivity index (χ0) is 12.3. The van der Waals surface area contributed by atoms with E-state index in [1.165, 1.54) is 0 Å². The molecule has 1 unspecified atom stereocenters. The Morgan fingerprint density at radius 3 is 2.82 bits per heavy atom. The highest BCUT2D eigenvalue weighted by molar-refractivity contribution is 5.13. The molecule has 1 N–H and O–H groups in total. The Morgan fingerprint density at radius 2 is 2.12 bits per heavy atom. The molecule has 0 aliphatic heterocycles. The normalized spacial score (nSPS) is 12.5. The Bertz CT molecular complexity index is 368. The summed E-state index contributed by atoms with van der Waals surface area (Å²) in [4.78, 5) is 0. The Morgan fingerprint density at radius 1 is 1.35 bits per heavy atom. The maximum atomic E-state index is 9.23.